The van der Waals surface area contributed by atoms with Gasteiger partial charge in [-0.05, 0) is 18.8 Å². The van der Waals surface area contributed by atoms with Gasteiger partial charge in [-0.25, -0.2) is 15.0 Å². The lowest BCUT2D eigenvalue weighted by atomic mass is 10.1. The van der Waals surface area contributed by atoms with Crippen LogP contribution in [0.3, 0.4) is 0 Å². The maximum Gasteiger partial charge on any atom is 0.361 e. The topological polar surface area (TPSA) is 219 Å². The Labute approximate surface area is 214 Å². The molecular weight excluding hydrogens is 509 g/mol. The van der Waals surface area contributed by atoms with Gasteiger partial charge in [0, 0.05) is 0 Å². The molecule has 3 atom stereocenters. The van der Waals surface area contributed by atoms with Gasteiger partial charge in [0.25, 0.3) is 0 Å². The monoisotopic (exact) mass is 545 g/mol. The minimum Gasteiger partial charge on any atom is -0.437 e. The first-order valence-corrected chi connectivity index (χ1v) is 13.3. The van der Waals surface area contributed by atoms with Crippen LogP contribution < -0.4 is 17.2 Å². The Morgan fingerprint density at radius 2 is 1.49 bits per heavy atom. The molecule has 0 spiro atoms. The summed E-state index contributed by atoms with van der Waals surface area (Å²) in [7, 11) is -4.07. The zero-order valence-corrected chi connectivity index (χ0v) is 22.5. The fraction of sp³-hybridized carbons (Fsp3) is 0.667. The van der Waals surface area contributed by atoms with E-state index in [1.807, 2.05) is 0 Å². The molecule has 0 amide bonds. The maximum absolute atomic E-state index is 13.3. The molecule has 15 nitrogen and oxygen atoms in total. The highest BCUT2D eigenvalue weighted by Crippen LogP contribution is 2.48. The number of nitrogen functional groups attached to an aromatic ring is 1. The van der Waals surface area contributed by atoms with Gasteiger partial charge in [-0.15, -0.1) is 0 Å². The normalized spacial score (nSPS) is 14.6. The fourth-order valence-corrected chi connectivity index (χ4v) is 3.85. The van der Waals surface area contributed by atoms with Gasteiger partial charge in [0.05, 0.1) is 19.0 Å². The van der Waals surface area contributed by atoms with Crippen LogP contribution in [0.15, 0.2) is 12.7 Å². The van der Waals surface area contributed by atoms with Gasteiger partial charge in [0.15, 0.2) is 11.5 Å². The van der Waals surface area contributed by atoms with Crippen molar-refractivity contribution in [3.8, 4) is 0 Å². The third-order valence-corrected chi connectivity index (χ3v) is 6.75. The van der Waals surface area contributed by atoms with Gasteiger partial charge in [-0.1, -0.05) is 27.7 Å². The largest absolute Gasteiger partial charge is 0.437 e. The third kappa shape index (κ3) is 8.98. The molecule has 2 heterocycles. The van der Waals surface area contributed by atoms with Crippen molar-refractivity contribution in [2.75, 3.05) is 25.7 Å². The van der Waals surface area contributed by atoms with Gasteiger partial charge < -0.3 is 36.0 Å². The molecule has 0 radical (unpaired) electrons. The van der Waals surface area contributed by atoms with Crippen LogP contribution in [0.2, 0.25) is 0 Å². The molecule has 0 saturated carbocycles. The van der Waals surface area contributed by atoms with Crippen molar-refractivity contribution in [1.29, 1.82) is 0 Å². The van der Waals surface area contributed by atoms with Crippen LogP contribution in [0.5, 0.6) is 0 Å². The lowest BCUT2D eigenvalue weighted by molar-refractivity contribution is -0.155. The average Bonchev–Trinajstić information content (AvgIpc) is 3.25. The average molecular weight is 546 g/mol. The number of esters is 2. The van der Waals surface area contributed by atoms with Crippen LogP contribution >= 0.6 is 7.60 Å². The number of carbonyl (C=O) groups is 2. The van der Waals surface area contributed by atoms with Crippen LogP contribution in [-0.4, -0.2) is 69.6 Å². The van der Waals surface area contributed by atoms with Crippen molar-refractivity contribution in [2.45, 2.75) is 59.4 Å². The van der Waals surface area contributed by atoms with Crippen LogP contribution in [0, 0.1) is 11.8 Å². The number of hydrogen-bond donors (Lipinski definition) is 3. The van der Waals surface area contributed by atoms with Gasteiger partial charge in [-0.2, -0.15) is 0 Å². The lowest BCUT2D eigenvalue weighted by Crippen LogP contribution is -2.37. The molecule has 37 heavy (non-hydrogen) atoms. The number of hydrogen-bond acceptors (Lipinski definition) is 14. The smallest absolute Gasteiger partial charge is 0.361 e. The standard InChI is InChI=1S/C21H36N7O8P/c1-12(2)15(22)20(29)32-9-35-37(31,36-10-33-21(30)16(23)13(3)4)11-34-14(5)6-28-8-27-17-18(24)25-7-26-19(17)28/h7-8,12-16H,6,9-11,22-23H2,1-5H3,(H2,24,25,26)/t14-,15+,16+/m1/s1. The van der Waals surface area contributed by atoms with E-state index in [9.17, 15) is 14.2 Å². The number of carbonyl (C=O) groups excluding carboxylic acids is 2. The Hall–Kier alpha value is -2.68. The number of rotatable bonds is 15. The Morgan fingerprint density at radius 3 is 2.00 bits per heavy atom. The molecule has 0 bridgehead atoms. The molecule has 0 aromatic carbocycles. The lowest BCUT2D eigenvalue weighted by Gasteiger charge is -2.22. The second-order valence-electron chi connectivity index (χ2n) is 9.01. The van der Waals surface area contributed by atoms with Crippen molar-refractivity contribution in [2.24, 2.45) is 23.3 Å². The predicted molar refractivity (Wildman–Crippen MR) is 132 cm³/mol. The summed E-state index contributed by atoms with van der Waals surface area (Å²) in [6, 6.07) is -1.77. The predicted octanol–water partition coefficient (Wildman–Crippen LogP) is 0.965. The molecule has 0 fully saturated rings. The zero-order valence-electron chi connectivity index (χ0n) is 21.6. The van der Waals surface area contributed by atoms with Crippen LogP contribution in [0.25, 0.3) is 11.2 Å². The number of aromatic nitrogens is 4. The highest BCUT2D eigenvalue weighted by atomic mass is 31.2. The van der Waals surface area contributed by atoms with Gasteiger partial charge >= 0.3 is 19.5 Å². The summed E-state index contributed by atoms with van der Waals surface area (Å²) in [6.45, 7) is 7.54. The zero-order chi connectivity index (χ0) is 27.8. The summed E-state index contributed by atoms with van der Waals surface area (Å²) >= 11 is 0. The van der Waals surface area contributed by atoms with Gasteiger partial charge in [0.1, 0.15) is 30.3 Å². The number of anilines is 1. The summed E-state index contributed by atoms with van der Waals surface area (Å²) < 4.78 is 41.0. The van der Waals surface area contributed by atoms with E-state index in [0.717, 1.165) is 0 Å². The molecule has 208 valence electrons. The minimum atomic E-state index is -4.07. The van der Waals surface area contributed by atoms with Gasteiger partial charge in [0.2, 0.25) is 13.6 Å². The van der Waals surface area contributed by atoms with Crippen LogP contribution in [0.1, 0.15) is 34.6 Å². The molecule has 0 aliphatic heterocycles. The van der Waals surface area contributed by atoms with Gasteiger partial charge in [-0.3, -0.25) is 23.2 Å². The van der Waals surface area contributed by atoms with E-state index in [1.54, 1.807) is 39.2 Å². The Kier molecular flexibility index (Phi) is 11.3. The Morgan fingerprint density at radius 1 is 0.946 bits per heavy atom. The van der Waals surface area contributed by atoms with E-state index in [-0.39, 0.29) is 24.2 Å². The first kappa shape index (κ1) is 30.5. The quantitative estimate of drug-likeness (QED) is 0.161. The van der Waals surface area contributed by atoms with Crippen LogP contribution in [-0.2, 0) is 44.0 Å². The van der Waals surface area contributed by atoms with E-state index < -0.39 is 57.7 Å². The van der Waals surface area contributed by atoms with E-state index in [0.29, 0.717) is 11.2 Å². The van der Waals surface area contributed by atoms with E-state index in [4.69, 9.17) is 40.5 Å². The highest BCUT2D eigenvalue weighted by molar-refractivity contribution is 7.53. The van der Waals surface area contributed by atoms with Crippen molar-refractivity contribution in [3.63, 3.8) is 0 Å². The minimum absolute atomic E-state index is 0.177. The molecule has 2 aromatic rings. The van der Waals surface area contributed by atoms with E-state index in [1.165, 1.54) is 12.7 Å². The van der Waals surface area contributed by atoms with Crippen molar-refractivity contribution >= 4 is 36.5 Å². The molecule has 6 N–H and O–H groups in total. The fourth-order valence-electron chi connectivity index (χ4n) is 2.76. The summed E-state index contributed by atoms with van der Waals surface area (Å²) in [4.78, 5) is 36.2. The van der Waals surface area contributed by atoms with Crippen molar-refractivity contribution in [1.82, 2.24) is 19.5 Å². The molecule has 0 saturated heterocycles. The molecule has 16 heteroatoms. The number of fused-ring (bicyclic) bond motifs is 1. The number of imidazole rings is 1. The number of ether oxygens (including phenoxy) is 3. The third-order valence-electron chi connectivity index (χ3n) is 5.28. The van der Waals surface area contributed by atoms with E-state index in [2.05, 4.69) is 15.0 Å². The Balaban J connectivity index is 2.00. The highest BCUT2D eigenvalue weighted by Gasteiger charge is 2.30. The second kappa shape index (κ2) is 13.7. The molecule has 0 unspecified atom stereocenters. The van der Waals surface area contributed by atoms with E-state index >= 15 is 0 Å². The molecule has 0 aliphatic carbocycles. The molecule has 0 aliphatic rings. The molecular formula is C21H36N7O8P. The first-order valence-electron chi connectivity index (χ1n) is 11.6. The maximum atomic E-state index is 13.3. The number of nitrogens with zero attached hydrogens (tertiary/aromatic N) is 4. The second-order valence-corrected chi connectivity index (χ2v) is 11.0. The Bertz CT molecular complexity index is 1060. The summed E-state index contributed by atoms with van der Waals surface area (Å²) in [5.74, 6) is -1.59. The summed E-state index contributed by atoms with van der Waals surface area (Å²) in [5.41, 5.74) is 18.2. The molecule has 2 aromatic heterocycles. The summed E-state index contributed by atoms with van der Waals surface area (Å²) in [5, 5.41) is 0. The summed E-state index contributed by atoms with van der Waals surface area (Å²) in [6.07, 6.45) is 1.77. The van der Waals surface area contributed by atoms with Crippen molar-refractivity contribution in [3.05, 3.63) is 12.7 Å². The first-order chi connectivity index (χ1) is 17.3. The molecule has 2 rings (SSSR count). The van der Waals surface area contributed by atoms with Crippen molar-refractivity contribution < 1.29 is 37.4 Å². The SMILES string of the molecule is CC(C)[C@H](N)C(=O)OCOP(=O)(CO[C@H](C)Cn1cnc2c(N)ncnc21)OCOC(=O)[C@@H](N)C(C)C. The number of nitrogens with two attached hydrogens (primary N) is 3. The van der Waals surface area contributed by atoms with Crippen LogP contribution in [0.4, 0.5) is 5.82 Å².